The minimum absolute atomic E-state index is 0.0532. The summed E-state index contributed by atoms with van der Waals surface area (Å²) in [5.74, 6) is -1.95. The molecule has 28 heavy (non-hydrogen) atoms. The van der Waals surface area contributed by atoms with Gasteiger partial charge in [-0.15, -0.1) is 0 Å². The highest BCUT2D eigenvalue weighted by molar-refractivity contribution is 8.15. The first-order chi connectivity index (χ1) is 13.3. The fourth-order valence-electron chi connectivity index (χ4n) is 1.89. The number of carbonyl (C=O) groups is 2. The van der Waals surface area contributed by atoms with Gasteiger partial charge in [-0.2, -0.15) is 8.42 Å². The summed E-state index contributed by atoms with van der Waals surface area (Å²) < 4.78 is 33.6. The Hall–Kier alpha value is -2.85. The van der Waals surface area contributed by atoms with Gasteiger partial charge < -0.3 is 9.84 Å². The molecule has 8 nitrogen and oxygen atoms in total. The van der Waals surface area contributed by atoms with E-state index in [2.05, 4.69) is 9.44 Å². The first-order valence-corrected chi connectivity index (χ1v) is 10.4. The topological polar surface area (TPSA) is 119 Å². The van der Waals surface area contributed by atoms with E-state index in [1.165, 1.54) is 12.1 Å². The number of ether oxygens (including phenoxy) is 1. The molecule has 10 heteroatoms. The highest BCUT2D eigenvalue weighted by Gasteiger charge is 2.19. The largest absolute Gasteiger partial charge is 0.476 e. The predicted octanol–water partition coefficient (Wildman–Crippen LogP) is 2.69. The lowest BCUT2D eigenvalue weighted by Gasteiger charge is -2.05. The van der Waals surface area contributed by atoms with Gasteiger partial charge in [0.15, 0.2) is 0 Å². The van der Waals surface area contributed by atoms with Gasteiger partial charge in [-0.3, -0.25) is 4.28 Å². The first kappa shape index (κ1) is 21.5. The minimum atomic E-state index is -4.24. The highest BCUT2D eigenvalue weighted by atomic mass is 32.2. The highest BCUT2D eigenvalue weighted by Crippen LogP contribution is 2.15. The van der Waals surface area contributed by atoms with E-state index in [-0.39, 0.29) is 17.3 Å². The number of esters is 1. The summed E-state index contributed by atoms with van der Waals surface area (Å²) in [7, 11) is -4.24. The number of carboxylic acid groups (broad SMARTS) is 1. The molecule has 0 amide bonds. The quantitative estimate of drug-likeness (QED) is 0.237. The van der Waals surface area contributed by atoms with Crippen LogP contribution >= 0.6 is 11.8 Å². The minimum Gasteiger partial charge on any atom is -0.476 e. The Bertz CT molecular complexity index is 955. The fourth-order valence-corrected chi connectivity index (χ4v) is 3.24. The number of rotatable bonds is 7. The number of oxime groups is 1. The number of hydrogen-bond donors (Lipinski definition) is 1. The number of aryl methyl sites for hydroxylation is 1. The fraction of sp³-hybridized carbons (Fsp3) is 0.167. The Morgan fingerprint density at radius 1 is 1.07 bits per heavy atom. The molecule has 0 fully saturated rings. The van der Waals surface area contributed by atoms with E-state index in [0.29, 0.717) is 17.3 Å². The second kappa shape index (κ2) is 9.90. The van der Waals surface area contributed by atoms with E-state index in [0.717, 1.165) is 5.56 Å². The van der Waals surface area contributed by atoms with E-state index in [1.54, 1.807) is 49.4 Å². The van der Waals surface area contributed by atoms with Crippen LogP contribution in [0.25, 0.3) is 0 Å². The molecule has 0 bridgehead atoms. The van der Waals surface area contributed by atoms with Crippen molar-refractivity contribution in [2.75, 3.05) is 12.4 Å². The smallest absolute Gasteiger partial charge is 0.364 e. The second-order valence-electron chi connectivity index (χ2n) is 5.39. The molecule has 0 aromatic heterocycles. The Morgan fingerprint density at radius 2 is 1.71 bits per heavy atom. The first-order valence-electron chi connectivity index (χ1n) is 7.96. The second-order valence-corrected chi connectivity index (χ2v) is 8.01. The number of thioether (sulfide) groups is 1. The van der Waals surface area contributed by atoms with Crippen LogP contribution < -0.4 is 0 Å². The van der Waals surface area contributed by atoms with Crippen molar-refractivity contribution >= 4 is 38.9 Å². The van der Waals surface area contributed by atoms with Crippen LogP contribution in [0.1, 0.15) is 15.9 Å². The number of carbonyl (C=O) groups excluding carboxylic acids is 1. The standard InChI is InChI=1S/C18H17NO7S2/c1-13-7-9-15(10-8-13)28(23,24)26-19-16(17(20)21)27-12-11-25-18(22)14-5-3-2-4-6-14/h2-10H,11-12H2,1H3,(H,20,21)/b19-16-. The Kier molecular flexibility index (Phi) is 7.59. The number of benzene rings is 2. The molecule has 0 unspecified atom stereocenters. The van der Waals surface area contributed by atoms with Crippen molar-refractivity contribution in [3.8, 4) is 0 Å². The normalized spacial score (nSPS) is 11.7. The van der Waals surface area contributed by atoms with Crippen LogP contribution in [0.3, 0.4) is 0 Å². The van der Waals surface area contributed by atoms with Crippen LogP contribution in [-0.4, -0.2) is 42.9 Å². The van der Waals surface area contributed by atoms with Gasteiger partial charge in [-0.25, -0.2) is 9.59 Å². The lowest BCUT2D eigenvalue weighted by molar-refractivity contribution is -0.129. The number of aliphatic carboxylic acids is 1. The predicted molar refractivity (Wildman–Crippen MR) is 104 cm³/mol. The zero-order valence-corrected chi connectivity index (χ0v) is 16.4. The molecule has 0 atom stereocenters. The van der Waals surface area contributed by atoms with Crippen molar-refractivity contribution in [2.45, 2.75) is 11.8 Å². The molecule has 0 aliphatic heterocycles. The van der Waals surface area contributed by atoms with Crippen LogP contribution in [0.2, 0.25) is 0 Å². The maximum atomic E-state index is 12.0. The maximum Gasteiger partial charge on any atom is 0.364 e. The van der Waals surface area contributed by atoms with Crippen LogP contribution in [0, 0.1) is 6.92 Å². The average molecular weight is 423 g/mol. The maximum absolute atomic E-state index is 12.0. The van der Waals surface area contributed by atoms with Gasteiger partial charge in [0, 0.05) is 5.75 Å². The molecule has 0 saturated heterocycles. The molecule has 0 radical (unpaired) electrons. The van der Waals surface area contributed by atoms with Crippen molar-refractivity contribution in [1.82, 2.24) is 0 Å². The molecular weight excluding hydrogens is 406 g/mol. The van der Waals surface area contributed by atoms with Crippen molar-refractivity contribution in [2.24, 2.45) is 5.16 Å². The Labute approximate surface area is 166 Å². The van der Waals surface area contributed by atoms with Crippen LogP contribution in [0.5, 0.6) is 0 Å². The zero-order valence-electron chi connectivity index (χ0n) is 14.8. The van der Waals surface area contributed by atoms with Gasteiger partial charge in [0.05, 0.1) is 5.56 Å². The third-order valence-electron chi connectivity index (χ3n) is 3.28. The summed E-state index contributed by atoms with van der Waals surface area (Å²) >= 11 is 0.689. The SMILES string of the molecule is Cc1ccc(S(=O)(=O)O/N=C(\SCCOC(=O)c2ccccc2)C(=O)O)cc1. The lowest BCUT2D eigenvalue weighted by Crippen LogP contribution is -2.14. The van der Waals surface area contributed by atoms with E-state index >= 15 is 0 Å². The van der Waals surface area contributed by atoms with Gasteiger partial charge in [0.1, 0.15) is 11.5 Å². The van der Waals surface area contributed by atoms with E-state index in [9.17, 15) is 18.0 Å². The molecular formula is C18H17NO7S2. The Balaban J connectivity index is 1.91. The van der Waals surface area contributed by atoms with Gasteiger partial charge in [0.25, 0.3) is 0 Å². The molecule has 2 aromatic rings. The van der Waals surface area contributed by atoms with Crippen LogP contribution in [-0.2, 0) is 23.9 Å². The summed E-state index contributed by atoms with van der Waals surface area (Å²) in [6.45, 7) is 1.70. The van der Waals surface area contributed by atoms with Crippen molar-refractivity contribution in [3.05, 3.63) is 65.7 Å². The molecule has 0 spiro atoms. The van der Waals surface area contributed by atoms with E-state index < -0.39 is 27.1 Å². The number of carboxylic acids is 1. The molecule has 0 aliphatic rings. The monoisotopic (exact) mass is 423 g/mol. The molecule has 0 aliphatic carbocycles. The van der Waals surface area contributed by atoms with Gasteiger partial charge in [0.2, 0.25) is 5.04 Å². The van der Waals surface area contributed by atoms with Crippen molar-refractivity contribution in [1.29, 1.82) is 0 Å². The van der Waals surface area contributed by atoms with E-state index in [1.807, 2.05) is 0 Å². The number of nitrogens with zero attached hydrogens (tertiary/aromatic N) is 1. The number of hydrogen-bond acceptors (Lipinski definition) is 8. The summed E-state index contributed by atoms with van der Waals surface area (Å²) in [5, 5.41) is 11.8. The summed E-state index contributed by atoms with van der Waals surface area (Å²) in [4.78, 5) is 22.8. The lowest BCUT2D eigenvalue weighted by atomic mass is 10.2. The third-order valence-corrected chi connectivity index (χ3v) is 5.29. The zero-order chi connectivity index (χ0) is 20.6. The molecule has 2 rings (SSSR count). The molecule has 2 aromatic carbocycles. The average Bonchev–Trinajstić information content (AvgIpc) is 2.67. The summed E-state index contributed by atoms with van der Waals surface area (Å²) in [5.41, 5.74) is 1.22. The van der Waals surface area contributed by atoms with Crippen molar-refractivity contribution in [3.63, 3.8) is 0 Å². The Morgan fingerprint density at radius 3 is 2.32 bits per heavy atom. The summed E-state index contributed by atoms with van der Waals surface area (Å²) in [6, 6.07) is 14.1. The van der Waals surface area contributed by atoms with Gasteiger partial charge in [-0.05, 0) is 31.2 Å². The molecule has 1 N–H and O–H groups in total. The van der Waals surface area contributed by atoms with E-state index in [4.69, 9.17) is 9.84 Å². The summed E-state index contributed by atoms with van der Waals surface area (Å²) in [6.07, 6.45) is 0. The van der Waals surface area contributed by atoms with Crippen molar-refractivity contribution < 1.29 is 32.1 Å². The van der Waals surface area contributed by atoms with Crippen LogP contribution in [0.15, 0.2) is 64.6 Å². The van der Waals surface area contributed by atoms with Gasteiger partial charge in [-0.1, -0.05) is 52.8 Å². The van der Waals surface area contributed by atoms with Crippen LogP contribution in [0.4, 0.5) is 0 Å². The third kappa shape index (κ3) is 6.39. The molecule has 0 saturated carbocycles. The molecule has 148 valence electrons. The molecule has 0 heterocycles. The van der Waals surface area contributed by atoms with Gasteiger partial charge >= 0.3 is 22.1 Å².